The fourth-order valence-corrected chi connectivity index (χ4v) is 2.59. The quantitative estimate of drug-likeness (QED) is 0.783. The Kier molecular flexibility index (Phi) is 6.40. The SMILES string of the molecule is C#CCN(CC(=O)Nc1ccccc1Br)Cc1ccc(C)cc1. The second-order valence-corrected chi connectivity index (χ2v) is 6.22. The number of nitrogens with one attached hydrogen (secondary N) is 1. The third-order valence-corrected chi connectivity index (χ3v) is 4.05. The van der Waals surface area contributed by atoms with Crippen molar-refractivity contribution in [3.05, 3.63) is 64.1 Å². The number of terminal acetylenes is 1. The van der Waals surface area contributed by atoms with Gasteiger partial charge in [0, 0.05) is 11.0 Å². The average Bonchev–Trinajstić information content (AvgIpc) is 2.52. The maximum Gasteiger partial charge on any atom is 0.238 e. The van der Waals surface area contributed by atoms with Crippen LogP contribution in [0.25, 0.3) is 0 Å². The molecule has 0 saturated heterocycles. The molecule has 4 heteroatoms. The van der Waals surface area contributed by atoms with Crippen molar-refractivity contribution in [3.8, 4) is 12.3 Å². The summed E-state index contributed by atoms with van der Waals surface area (Å²) in [6, 6.07) is 15.8. The van der Waals surface area contributed by atoms with Crippen molar-refractivity contribution in [2.24, 2.45) is 0 Å². The van der Waals surface area contributed by atoms with Crippen LogP contribution < -0.4 is 5.32 Å². The van der Waals surface area contributed by atoms with E-state index in [1.807, 2.05) is 36.1 Å². The van der Waals surface area contributed by atoms with Crippen molar-refractivity contribution >= 4 is 27.5 Å². The molecule has 118 valence electrons. The fraction of sp³-hybridized carbons (Fsp3) is 0.211. The van der Waals surface area contributed by atoms with E-state index >= 15 is 0 Å². The van der Waals surface area contributed by atoms with Crippen molar-refractivity contribution in [1.82, 2.24) is 4.90 Å². The van der Waals surface area contributed by atoms with Gasteiger partial charge in [-0.2, -0.15) is 0 Å². The van der Waals surface area contributed by atoms with E-state index in [2.05, 4.69) is 51.4 Å². The van der Waals surface area contributed by atoms with Crippen LogP contribution in [0.15, 0.2) is 53.0 Å². The second kappa shape index (κ2) is 8.52. The standard InChI is InChI=1S/C19H19BrN2O/c1-3-12-22(13-16-10-8-15(2)9-11-16)14-19(23)21-18-7-5-4-6-17(18)20/h1,4-11H,12-14H2,2H3,(H,21,23). The van der Waals surface area contributed by atoms with Crippen LogP contribution >= 0.6 is 15.9 Å². The summed E-state index contributed by atoms with van der Waals surface area (Å²) < 4.78 is 0.857. The van der Waals surface area contributed by atoms with Gasteiger partial charge in [0.1, 0.15) is 0 Å². The molecule has 0 aromatic heterocycles. The van der Waals surface area contributed by atoms with E-state index in [0.717, 1.165) is 15.7 Å². The van der Waals surface area contributed by atoms with Gasteiger partial charge in [-0.15, -0.1) is 6.42 Å². The molecule has 0 bridgehead atoms. The summed E-state index contributed by atoms with van der Waals surface area (Å²) in [5.41, 5.74) is 3.11. The molecule has 2 aromatic rings. The van der Waals surface area contributed by atoms with Gasteiger partial charge in [0.25, 0.3) is 0 Å². The molecule has 0 aliphatic carbocycles. The third kappa shape index (κ3) is 5.55. The Bertz CT molecular complexity index is 704. The first-order chi connectivity index (χ1) is 11.1. The van der Waals surface area contributed by atoms with Crippen LogP contribution in [-0.4, -0.2) is 23.9 Å². The second-order valence-electron chi connectivity index (χ2n) is 5.36. The summed E-state index contributed by atoms with van der Waals surface area (Å²) >= 11 is 3.42. The van der Waals surface area contributed by atoms with Gasteiger partial charge in [-0.25, -0.2) is 0 Å². The van der Waals surface area contributed by atoms with E-state index in [1.54, 1.807) is 0 Å². The molecule has 1 N–H and O–H groups in total. The molecule has 3 nitrogen and oxygen atoms in total. The predicted octanol–water partition coefficient (Wildman–Crippen LogP) is 3.83. The molecule has 1 amide bonds. The molecular weight excluding hydrogens is 352 g/mol. The Morgan fingerprint density at radius 3 is 2.57 bits per heavy atom. The van der Waals surface area contributed by atoms with Gasteiger partial charge in [-0.1, -0.05) is 47.9 Å². The molecule has 0 heterocycles. The molecule has 0 unspecified atom stereocenters. The van der Waals surface area contributed by atoms with Gasteiger partial charge < -0.3 is 5.32 Å². The minimum atomic E-state index is -0.0840. The number of carbonyl (C=O) groups excluding carboxylic acids is 1. The van der Waals surface area contributed by atoms with Gasteiger partial charge >= 0.3 is 0 Å². The normalized spacial score (nSPS) is 10.3. The Balaban J connectivity index is 1.98. The summed E-state index contributed by atoms with van der Waals surface area (Å²) in [5.74, 6) is 2.53. The van der Waals surface area contributed by atoms with E-state index in [0.29, 0.717) is 13.1 Å². The number of rotatable bonds is 6. The summed E-state index contributed by atoms with van der Waals surface area (Å²) in [6.45, 7) is 3.37. The van der Waals surface area contributed by atoms with Crippen LogP contribution in [0.5, 0.6) is 0 Å². The largest absolute Gasteiger partial charge is 0.324 e. The monoisotopic (exact) mass is 370 g/mol. The molecule has 23 heavy (non-hydrogen) atoms. The molecule has 0 saturated carbocycles. The molecule has 0 fully saturated rings. The van der Waals surface area contributed by atoms with Gasteiger partial charge in [-0.3, -0.25) is 9.69 Å². The highest BCUT2D eigenvalue weighted by molar-refractivity contribution is 9.10. The Morgan fingerprint density at radius 1 is 1.22 bits per heavy atom. The Labute approximate surface area is 145 Å². The topological polar surface area (TPSA) is 32.3 Å². The Hall–Kier alpha value is -2.09. The molecule has 0 spiro atoms. The highest BCUT2D eigenvalue weighted by Gasteiger charge is 2.11. The van der Waals surface area contributed by atoms with Crippen LogP contribution in [0.3, 0.4) is 0 Å². The molecule has 2 rings (SSSR count). The van der Waals surface area contributed by atoms with Crippen LogP contribution in [0.4, 0.5) is 5.69 Å². The van der Waals surface area contributed by atoms with Crippen molar-refractivity contribution in [3.63, 3.8) is 0 Å². The fourth-order valence-electron chi connectivity index (χ4n) is 2.20. The zero-order valence-electron chi connectivity index (χ0n) is 13.1. The predicted molar refractivity (Wildman–Crippen MR) is 98.1 cm³/mol. The van der Waals surface area contributed by atoms with E-state index < -0.39 is 0 Å². The van der Waals surface area contributed by atoms with Gasteiger partial charge in [0.2, 0.25) is 5.91 Å². The van der Waals surface area contributed by atoms with Gasteiger partial charge in [0.05, 0.1) is 18.8 Å². The molecule has 0 atom stereocenters. The lowest BCUT2D eigenvalue weighted by atomic mass is 10.1. The van der Waals surface area contributed by atoms with E-state index in [4.69, 9.17) is 6.42 Å². The zero-order chi connectivity index (χ0) is 16.7. The minimum Gasteiger partial charge on any atom is -0.324 e. The molecule has 0 radical (unpaired) electrons. The van der Waals surface area contributed by atoms with E-state index in [9.17, 15) is 4.79 Å². The lowest BCUT2D eigenvalue weighted by Crippen LogP contribution is -2.33. The van der Waals surface area contributed by atoms with Gasteiger partial charge in [0.15, 0.2) is 0 Å². The number of hydrogen-bond donors (Lipinski definition) is 1. The van der Waals surface area contributed by atoms with Crippen LogP contribution in [-0.2, 0) is 11.3 Å². The van der Waals surface area contributed by atoms with Crippen molar-refractivity contribution < 1.29 is 4.79 Å². The maximum absolute atomic E-state index is 12.3. The highest BCUT2D eigenvalue weighted by Crippen LogP contribution is 2.21. The van der Waals surface area contributed by atoms with E-state index in [1.165, 1.54) is 5.56 Å². The lowest BCUT2D eigenvalue weighted by Gasteiger charge is -2.19. The number of nitrogens with zero attached hydrogens (tertiary/aromatic N) is 1. The summed E-state index contributed by atoms with van der Waals surface area (Å²) in [5, 5.41) is 2.90. The smallest absolute Gasteiger partial charge is 0.238 e. The van der Waals surface area contributed by atoms with Crippen molar-refractivity contribution in [2.75, 3.05) is 18.4 Å². The molecule has 0 aliphatic rings. The van der Waals surface area contributed by atoms with Crippen LogP contribution in [0.1, 0.15) is 11.1 Å². The first-order valence-corrected chi connectivity index (χ1v) is 8.13. The lowest BCUT2D eigenvalue weighted by molar-refractivity contribution is -0.117. The third-order valence-electron chi connectivity index (χ3n) is 3.36. The number of hydrogen-bond acceptors (Lipinski definition) is 2. The summed E-state index contributed by atoms with van der Waals surface area (Å²) in [6.07, 6.45) is 5.43. The number of para-hydroxylation sites is 1. The zero-order valence-corrected chi connectivity index (χ0v) is 14.6. The number of anilines is 1. The maximum atomic E-state index is 12.3. The van der Waals surface area contributed by atoms with Crippen molar-refractivity contribution in [1.29, 1.82) is 0 Å². The first kappa shape index (κ1) is 17.3. The number of aryl methyl sites for hydroxylation is 1. The van der Waals surface area contributed by atoms with Crippen LogP contribution in [0.2, 0.25) is 0 Å². The molecule has 2 aromatic carbocycles. The van der Waals surface area contributed by atoms with Gasteiger partial charge in [-0.05, 0) is 40.5 Å². The summed E-state index contributed by atoms with van der Waals surface area (Å²) in [4.78, 5) is 14.2. The number of benzene rings is 2. The summed E-state index contributed by atoms with van der Waals surface area (Å²) in [7, 11) is 0. The van der Waals surface area contributed by atoms with E-state index in [-0.39, 0.29) is 12.5 Å². The highest BCUT2D eigenvalue weighted by atomic mass is 79.9. The van der Waals surface area contributed by atoms with Crippen LogP contribution in [0, 0.1) is 19.3 Å². The first-order valence-electron chi connectivity index (χ1n) is 7.34. The molecular formula is C19H19BrN2O. The molecule has 0 aliphatic heterocycles. The minimum absolute atomic E-state index is 0.0840. The number of carbonyl (C=O) groups is 1. The average molecular weight is 371 g/mol. The number of halogens is 1. The van der Waals surface area contributed by atoms with Crippen molar-refractivity contribution in [2.45, 2.75) is 13.5 Å². The Morgan fingerprint density at radius 2 is 1.91 bits per heavy atom. The number of amides is 1.